The van der Waals surface area contributed by atoms with E-state index in [1.54, 1.807) is 0 Å². The van der Waals surface area contributed by atoms with Crippen molar-refractivity contribution in [1.29, 1.82) is 0 Å². The van der Waals surface area contributed by atoms with E-state index in [2.05, 4.69) is 17.1 Å². The van der Waals surface area contributed by atoms with Crippen molar-refractivity contribution in [1.82, 2.24) is 10.2 Å². The van der Waals surface area contributed by atoms with Crippen LogP contribution in [0.25, 0.3) is 0 Å². The fourth-order valence-electron chi connectivity index (χ4n) is 1.48. The molecule has 0 saturated carbocycles. The molecule has 0 fully saturated rings. The van der Waals surface area contributed by atoms with E-state index in [1.807, 2.05) is 14.1 Å². The van der Waals surface area contributed by atoms with Crippen molar-refractivity contribution in [3.8, 4) is 0 Å². The standard InChI is InChI=1S/C12H27N3O/c1-11(8-10-15(2)3)14-12(16)7-5-4-6-9-13/h11H,4-10,13H2,1-3H3,(H,14,16). The second kappa shape index (κ2) is 9.60. The predicted octanol–water partition coefficient (Wildman–Crippen LogP) is 0.962. The van der Waals surface area contributed by atoms with Gasteiger partial charge in [0.15, 0.2) is 0 Å². The molecule has 0 aliphatic rings. The smallest absolute Gasteiger partial charge is 0.220 e. The lowest BCUT2D eigenvalue weighted by molar-refractivity contribution is -0.121. The van der Waals surface area contributed by atoms with E-state index in [0.717, 1.165) is 38.8 Å². The Balaban J connectivity index is 3.46. The molecule has 4 nitrogen and oxygen atoms in total. The fraction of sp³-hybridized carbons (Fsp3) is 0.917. The van der Waals surface area contributed by atoms with Crippen molar-refractivity contribution in [3.05, 3.63) is 0 Å². The van der Waals surface area contributed by atoms with Crippen LogP contribution in [0.2, 0.25) is 0 Å². The highest BCUT2D eigenvalue weighted by Gasteiger charge is 2.06. The summed E-state index contributed by atoms with van der Waals surface area (Å²) in [5.41, 5.74) is 5.39. The molecule has 0 heterocycles. The molecule has 4 heteroatoms. The SMILES string of the molecule is CC(CCN(C)C)NC(=O)CCCCCN. The molecule has 0 aromatic rings. The third-order valence-corrected chi connectivity index (χ3v) is 2.52. The molecule has 0 aromatic carbocycles. The number of nitrogens with zero attached hydrogens (tertiary/aromatic N) is 1. The van der Waals surface area contributed by atoms with Gasteiger partial charge in [-0.15, -0.1) is 0 Å². The van der Waals surface area contributed by atoms with Crippen LogP contribution < -0.4 is 11.1 Å². The molecule has 0 radical (unpaired) electrons. The Kier molecular flexibility index (Phi) is 9.24. The van der Waals surface area contributed by atoms with Gasteiger partial charge >= 0.3 is 0 Å². The molecular formula is C12H27N3O. The van der Waals surface area contributed by atoms with Gasteiger partial charge in [0.1, 0.15) is 0 Å². The van der Waals surface area contributed by atoms with E-state index in [4.69, 9.17) is 5.73 Å². The lowest BCUT2D eigenvalue weighted by Gasteiger charge is -2.16. The molecular weight excluding hydrogens is 202 g/mol. The van der Waals surface area contributed by atoms with E-state index in [1.165, 1.54) is 0 Å². The maximum atomic E-state index is 11.5. The molecule has 1 unspecified atom stereocenters. The van der Waals surface area contributed by atoms with Crippen LogP contribution in [0.5, 0.6) is 0 Å². The van der Waals surface area contributed by atoms with E-state index >= 15 is 0 Å². The minimum absolute atomic E-state index is 0.170. The van der Waals surface area contributed by atoms with Crippen molar-refractivity contribution in [2.45, 2.75) is 45.1 Å². The van der Waals surface area contributed by atoms with Gasteiger partial charge in [0, 0.05) is 12.5 Å². The summed E-state index contributed by atoms with van der Waals surface area (Å²) in [5.74, 6) is 0.170. The predicted molar refractivity (Wildman–Crippen MR) is 68.3 cm³/mol. The summed E-state index contributed by atoms with van der Waals surface area (Å²) in [7, 11) is 4.09. The van der Waals surface area contributed by atoms with Gasteiger partial charge in [-0.2, -0.15) is 0 Å². The van der Waals surface area contributed by atoms with Crippen LogP contribution in [-0.2, 0) is 4.79 Å². The highest BCUT2D eigenvalue weighted by molar-refractivity contribution is 5.76. The summed E-state index contributed by atoms with van der Waals surface area (Å²) in [6.07, 6.45) is 4.65. The molecule has 0 bridgehead atoms. The molecule has 0 aromatic heterocycles. The van der Waals surface area contributed by atoms with Gasteiger partial charge in [-0.3, -0.25) is 4.79 Å². The molecule has 0 aliphatic heterocycles. The number of carbonyl (C=O) groups excluding carboxylic acids is 1. The highest BCUT2D eigenvalue weighted by Crippen LogP contribution is 2.00. The highest BCUT2D eigenvalue weighted by atomic mass is 16.1. The Morgan fingerprint density at radius 2 is 2.00 bits per heavy atom. The zero-order valence-electron chi connectivity index (χ0n) is 11.0. The van der Waals surface area contributed by atoms with Gasteiger partial charge in [-0.25, -0.2) is 0 Å². The Morgan fingerprint density at radius 1 is 1.31 bits per heavy atom. The lowest BCUT2D eigenvalue weighted by atomic mass is 10.1. The van der Waals surface area contributed by atoms with Crippen molar-refractivity contribution in [3.63, 3.8) is 0 Å². The lowest BCUT2D eigenvalue weighted by Crippen LogP contribution is -2.34. The Labute approximate surface area is 99.6 Å². The zero-order valence-corrected chi connectivity index (χ0v) is 11.0. The summed E-state index contributed by atoms with van der Waals surface area (Å²) in [5, 5.41) is 3.02. The number of nitrogens with two attached hydrogens (primary N) is 1. The van der Waals surface area contributed by atoms with E-state index < -0.39 is 0 Å². The monoisotopic (exact) mass is 229 g/mol. The first kappa shape index (κ1) is 15.4. The first-order valence-corrected chi connectivity index (χ1v) is 6.20. The zero-order chi connectivity index (χ0) is 12.4. The number of hydrogen-bond acceptors (Lipinski definition) is 3. The fourth-order valence-corrected chi connectivity index (χ4v) is 1.48. The van der Waals surface area contributed by atoms with Crippen molar-refractivity contribution in [2.75, 3.05) is 27.2 Å². The van der Waals surface area contributed by atoms with Gasteiger partial charge in [0.05, 0.1) is 0 Å². The van der Waals surface area contributed by atoms with Gasteiger partial charge in [-0.05, 0) is 53.4 Å². The molecule has 0 rings (SSSR count). The largest absolute Gasteiger partial charge is 0.354 e. The maximum Gasteiger partial charge on any atom is 0.220 e. The third kappa shape index (κ3) is 9.93. The topological polar surface area (TPSA) is 58.4 Å². The van der Waals surface area contributed by atoms with Crippen LogP contribution in [0.1, 0.15) is 39.0 Å². The van der Waals surface area contributed by atoms with Crippen LogP contribution in [0.4, 0.5) is 0 Å². The summed E-state index contributed by atoms with van der Waals surface area (Å²) < 4.78 is 0. The molecule has 0 aliphatic carbocycles. The van der Waals surface area contributed by atoms with Gasteiger partial charge < -0.3 is 16.0 Å². The number of nitrogens with one attached hydrogen (secondary N) is 1. The molecule has 1 amide bonds. The normalized spacial score (nSPS) is 12.8. The molecule has 3 N–H and O–H groups in total. The molecule has 0 saturated heterocycles. The van der Waals surface area contributed by atoms with E-state index in [0.29, 0.717) is 6.42 Å². The molecule has 0 spiro atoms. The maximum absolute atomic E-state index is 11.5. The summed E-state index contributed by atoms with van der Waals surface area (Å²) >= 11 is 0. The average molecular weight is 229 g/mol. The minimum Gasteiger partial charge on any atom is -0.354 e. The van der Waals surface area contributed by atoms with Crippen LogP contribution in [-0.4, -0.2) is 44.0 Å². The molecule has 96 valence electrons. The average Bonchev–Trinajstić information content (AvgIpc) is 2.21. The van der Waals surface area contributed by atoms with Crippen molar-refractivity contribution < 1.29 is 4.79 Å². The Bertz CT molecular complexity index is 183. The third-order valence-electron chi connectivity index (χ3n) is 2.52. The number of amides is 1. The van der Waals surface area contributed by atoms with E-state index in [-0.39, 0.29) is 11.9 Å². The van der Waals surface area contributed by atoms with Crippen LogP contribution in [0, 0.1) is 0 Å². The first-order chi connectivity index (χ1) is 7.56. The summed E-state index contributed by atoms with van der Waals surface area (Å²) in [4.78, 5) is 13.6. The van der Waals surface area contributed by atoms with E-state index in [9.17, 15) is 4.79 Å². The Hall–Kier alpha value is -0.610. The summed E-state index contributed by atoms with van der Waals surface area (Å²) in [6.45, 7) is 3.79. The van der Waals surface area contributed by atoms with Crippen molar-refractivity contribution in [2.24, 2.45) is 5.73 Å². The number of carbonyl (C=O) groups is 1. The Morgan fingerprint density at radius 3 is 2.56 bits per heavy atom. The first-order valence-electron chi connectivity index (χ1n) is 6.20. The second-order valence-electron chi connectivity index (χ2n) is 4.66. The number of unbranched alkanes of at least 4 members (excludes halogenated alkanes) is 2. The van der Waals surface area contributed by atoms with Crippen LogP contribution in [0.3, 0.4) is 0 Å². The van der Waals surface area contributed by atoms with Crippen LogP contribution >= 0.6 is 0 Å². The second-order valence-corrected chi connectivity index (χ2v) is 4.66. The number of hydrogen-bond donors (Lipinski definition) is 2. The number of rotatable bonds is 9. The minimum atomic E-state index is 0.170. The van der Waals surface area contributed by atoms with Gasteiger partial charge in [0.25, 0.3) is 0 Å². The molecule has 16 heavy (non-hydrogen) atoms. The van der Waals surface area contributed by atoms with Gasteiger partial charge in [0.2, 0.25) is 5.91 Å². The van der Waals surface area contributed by atoms with Gasteiger partial charge in [-0.1, -0.05) is 6.42 Å². The van der Waals surface area contributed by atoms with Crippen molar-refractivity contribution >= 4 is 5.91 Å². The molecule has 1 atom stereocenters. The quantitative estimate of drug-likeness (QED) is 0.579. The summed E-state index contributed by atoms with van der Waals surface area (Å²) in [6, 6.07) is 0.268. The van der Waals surface area contributed by atoms with Crippen LogP contribution in [0.15, 0.2) is 0 Å².